The molecule has 0 aromatic heterocycles. The Bertz CT molecular complexity index is 388. The Balaban J connectivity index is 2.21. The minimum atomic E-state index is -0.775. The van der Waals surface area contributed by atoms with Crippen LogP contribution in [0.25, 0.3) is 0 Å². The highest BCUT2D eigenvalue weighted by Gasteiger charge is 2.33. The largest absolute Gasteiger partial charge is 0.310 e. The highest BCUT2D eigenvalue weighted by molar-refractivity contribution is 5.22. The molecule has 94 valence electrons. The quantitative estimate of drug-likeness (QED) is 0.826. The van der Waals surface area contributed by atoms with Gasteiger partial charge in [0.2, 0.25) is 0 Å². The van der Waals surface area contributed by atoms with Crippen molar-refractivity contribution in [2.24, 2.45) is 11.8 Å². The molecular weight excluding hydrogens is 220 g/mol. The van der Waals surface area contributed by atoms with E-state index in [1.54, 1.807) is 6.07 Å². The molecule has 1 aromatic rings. The molecule has 1 nitrogen and oxygen atoms in total. The molecule has 0 heterocycles. The van der Waals surface area contributed by atoms with Crippen molar-refractivity contribution in [3.63, 3.8) is 0 Å². The molecule has 1 saturated carbocycles. The molecule has 0 radical (unpaired) electrons. The summed E-state index contributed by atoms with van der Waals surface area (Å²) in [5, 5.41) is 3.38. The van der Waals surface area contributed by atoms with Gasteiger partial charge in [-0.3, -0.25) is 0 Å². The third-order valence-corrected chi connectivity index (χ3v) is 3.62. The SMILES string of the molecule is CCNC(c1ccc(F)c(F)c1)C(C)C1CC1. The fourth-order valence-electron chi connectivity index (χ4n) is 2.43. The molecule has 2 atom stereocenters. The lowest BCUT2D eigenvalue weighted by Gasteiger charge is -2.25. The van der Waals surface area contributed by atoms with Gasteiger partial charge in [-0.05, 0) is 48.9 Å². The van der Waals surface area contributed by atoms with Gasteiger partial charge in [-0.1, -0.05) is 19.9 Å². The molecule has 0 saturated heterocycles. The van der Waals surface area contributed by atoms with Crippen molar-refractivity contribution in [2.75, 3.05) is 6.54 Å². The first-order valence-electron chi connectivity index (χ1n) is 6.31. The molecule has 1 aromatic carbocycles. The highest BCUT2D eigenvalue weighted by Crippen LogP contribution is 2.42. The predicted octanol–water partition coefficient (Wildman–Crippen LogP) is 3.66. The summed E-state index contributed by atoms with van der Waals surface area (Å²) >= 11 is 0. The first-order chi connectivity index (χ1) is 8.13. The van der Waals surface area contributed by atoms with Crippen LogP contribution < -0.4 is 5.32 Å². The maximum atomic E-state index is 13.3. The fraction of sp³-hybridized carbons (Fsp3) is 0.571. The van der Waals surface area contributed by atoms with Crippen molar-refractivity contribution < 1.29 is 8.78 Å². The van der Waals surface area contributed by atoms with Crippen LogP contribution in [0.15, 0.2) is 18.2 Å². The summed E-state index contributed by atoms with van der Waals surface area (Å²) in [4.78, 5) is 0. The minimum absolute atomic E-state index is 0.127. The molecule has 1 aliphatic rings. The van der Waals surface area contributed by atoms with Crippen molar-refractivity contribution in [3.8, 4) is 0 Å². The van der Waals surface area contributed by atoms with Gasteiger partial charge in [-0.25, -0.2) is 8.78 Å². The summed E-state index contributed by atoms with van der Waals surface area (Å²) in [7, 11) is 0. The molecule has 3 heteroatoms. The van der Waals surface area contributed by atoms with E-state index in [2.05, 4.69) is 12.2 Å². The van der Waals surface area contributed by atoms with E-state index in [0.717, 1.165) is 18.0 Å². The van der Waals surface area contributed by atoms with Crippen LogP contribution in [0.1, 0.15) is 38.3 Å². The van der Waals surface area contributed by atoms with Gasteiger partial charge in [0.15, 0.2) is 11.6 Å². The zero-order chi connectivity index (χ0) is 12.4. The second kappa shape index (κ2) is 5.13. The maximum Gasteiger partial charge on any atom is 0.159 e. The van der Waals surface area contributed by atoms with Gasteiger partial charge in [0.25, 0.3) is 0 Å². The lowest BCUT2D eigenvalue weighted by molar-refractivity contribution is 0.353. The van der Waals surface area contributed by atoms with E-state index in [1.807, 2.05) is 6.92 Å². The van der Waals surface area contributed by atoms with Gasteiger partial charge in [0, 0.05) is 6.04 Å². The number of rotatable bonds is 5. The van der Waals surface area contributed by atoms with Gasteiger partial charge in [0.05, 0.1) is 0 Å². The summed E-state index contributed by atoms with van der Waals surface area (Å²) < 4.78 is 26.2. The first-order valence-corrected chi connectivity index (χ1v) is 6.31. The smallest absolute Gasteiger partial charge is 0.159 e. The van der Waals surface area contributed by atoms with E-state index in [4.69, 9.17) is 0 Å². The van der Waals surface area contributed by atoms with Crippen LogP contribution >= 0.6 is 0 Å². The molecule has 1 aliphatic carbocycles. The monoisotopic (exact) mass is 239 g/mol. The standard InChI is InChI=1S/C14H19F2N/c1-3-17-14(9(2)10-4-5-10)11-6-7-12(15)13(16)8-11/h6-10,14,17H,3-5H2,1-2H3. The van der Waals surface area contributed by atoms with Gasteiger partial charge in [-0.2, -0.15) is 0 Å². The van der Waals surface area contributed by atoms with Crippen LogP contribution in [0.3, 0.4) is 0 Å². The lowest BCUT2D eigenvalue weighted by atomic mass is 9.90. The summed E-state index contributed by atoms with van der Waals surface area (Å²) in [6.45, 7) is 5.06. The molecule has 0 amide bonds. The number of nitrogens with one attached hydrogen (secondary N) is 1. The summed E-state index contributed by atoms with van der Waals surface area (Å²) in [6, 6.07) is 4.35. The van der Waals surface area contributed by atoms with Crippen LogP contribution in [0.4, 0.5) is 8.78 Å². The number of benzene rings is 1. The van der Waals surface area contributed by atoms with E-state index in [1.165, 1.54) is 25.0 Å². The Morgan fingerprint density at radius 2 is 2.00 bits per heavy atom. The minimum Gasteiger partial charge on any atom is -0.310 e. The lowest BCUT2D eigenvalue weighted by Crippen LogP contribution is -2.28. The summed E-state index contributed by atoms with van der Waals surface area (Å²) in [5.41, 5.74) is 0.852. The average Bonchev–Trinajstić information content (AvgIpc) is 3.13. The number of hydrogen-bond acceptors (Lipinski definition) is 1. The van der Waals surface area contributed by atoms with Crippen molar-refractivity contribution in [1.82, 2.24) is 5.32 Å². The average molecular weight is 239 g/mol. The van der Waals surface area contributed by atoms with Gasteiger partial charge in [-0.15, -0.1) is 0 Å². The third kappa shape index (κ3) is 2.83. The zero-order valence-electron chi connectivity index (χ0n) is 10.3. The molecule has 0 bridgehead atoms. The van der Waals surface area contributed by atoms with Crippen molar-refractivity contribution in [1.29, 1.82) is 0 Å². The van der Waals surface area contributed by atoms with Crippen LogP contribution in [0.5, 0.6) is 0 Å². The van der Waals surface area contributed by atoms with E-state index < -0.39 is 11.6 Å². The number of halogens is 2. The molecule has 2 rings (SSSR count). The van der Waals surface area contributed by atoms with Crippen LogP contribution in [0, 0.1) is 23.5 Å². The molecule has 1 N–H and O–H groups in total. The Labute approximate surface area is 101 Å². The Kier molecular flexibility index (Phi) is 3.77. The maximum absolute atomic E-state index is 13.3. The zero-order valence-corrected chi connectivity index (χ0v) is 10.3. The fourth-order valence-corrected chi connectivity index (χ4v) is 2.43. The van der Waals surface area contributed by atoms with Crippen LogP contribution in [-0.2, 0) is 0 Å². The van der Waals surface area contributed by atoms with Gasteiger partial charge >= 0.3 is 0 Å². The topological polar surface area (TPSA) is 12.0 Å². The Morgan fingerprint density at radius 1 is 1.29 bits per heavy atom. The Morgan fingerprint density at radius 3 is 2.53 bits per heavy atom. The second-order valence-electron chi connectivity index (χ2n) is 4.91. The van der Waals surface area contributed by atoms with Crippen molar-refractivity contribution in [2.45, 2.75) is 32.7 Å². The van der Waals surface area contributed by atoms with Crippen molar-refractivity contribution in [3.05, 3.63) is 35.4 Å². The molecule has 0 aliphatic heterocycles. The van der Waals surface area contributed by atoms with Crippen LogP contribution in [0.2, 0.25) is 0 Å². The molecule has 17 heavy (non-hydrogen) atoms. The van der Waals surface area contributed by atoms with E-state index >= 15 is 0 Å². The normalized spacial score (nSPS) is 19.1. The first kappa shape index (κ1) is 12.5. The molecule has 0 spiro atoms. The van der Waals surface area contributed by atoms with E-state index in [0.29, 0.717) is 5.92 Å². The summed E-state index contributed by atoms with van der Waals surface area (Å²) in [6.07, 6.45) is 2.51. The highest BCUT2D eigenvalue weighted by atomic mass is 19.2. The molecular formula is C14H19F2N. The third-order valence-electron chi connectivity index (χ3n) is 3.62. The van der Waals surface area contributed by atoms with Crippen molar-refractivity contribution >= 4 is 0 Å². The van der Waals surface area contributed by atoms with Crippen LogP contribution in [-0.4, -0.2) is 6.54 Å². The van der Waals surface area contributed by atoms with E-state index in [-0.39, 0.29) is 6.04 Å². The van der Waals surface area contributed by atoms with E-state index in [9.17, 15) is 8.78 Å². The molecule has 2 unspecified atom stereocenters. The van der Waals surface area contributed by atoms with Gasteiger partial charge < -0.3 is 5.32 Å². The second-order valence-corrected chi connectivity index (χ2v) is 4.91. The Hall–Kier alpha value is -0.960. The summed E-state index contributed by atoms with van der Waals surface area (Å²) in [5.74, 6) is -0.330. The predicted molar refractivity (Wildman–Crippen MR) is 64.7 cm³/mol. The molecule has 1 fully saturated rings. The number of hydrogen-bond donors (Lipinski definition) is 1. The van der Waals surface area contributed by atoms with Gasteiger partial charge in [0.1, 0.15) is 0 Å².